The summed E-state index contributed by atoms with van der Waals surface area (Å²) in [7, 11) is 1.47. The molecule has 0 aliphatic rings. The number of nitrogens with zero attached hydrogens (tertiary/aromatic N) is 1. The van der Waals surface area contributed by atoms with E-state index in [0.29, 0.717) is 6.54 Å². The summed E-state index contributed by atoms with van der Waals surface area (Å²) in [6, 6.07) is -1.89. The minimum absolute atomic E-state index is 0.264. The van der Waals surface area contributed by atoms with Gasteiger partial charge < -0.3 is 10.5 Å². The number of nitrogens with two attached hydrogens (primary N) is 1. The van der Waals surface area contributed by atoms with Gasteiger partial charge in [0.2, 0.25) is 0 Å². The van der Waals surface area contributed by atoms with Crippen LogP contribution in [0.5, 0.6) is 0 Å². The first kappa shape index (κ1) is 14.7. The van der Waals surface area contributed by atoms with Crippen molar-refractivity contribution in [1.82, 2.24) is 4.90 Å². The number of hydrogen-bond acceptors (Lipinski definition) is 3. The zero-order valence-electron chi connectivity index (χ0n) is 9.34. The molecule has 0 aromatic carbocycles. The van der Waals surface area contributed by atoms with Gasteiger partial charge in [0.15, 0.2) is 0 Å². The molecule has 15 heavy (non-hydrogen) atoms. The minimum atomic E-state index is -4.28. The van der Waals surface area contributed by atoms with Crippen LogP contribution in [0.25, 0.3) is 0 Å². The number of likely N-dealkylation sites (N-methyl/N-ethyl adjacent to an activating group) is 1. The Morgan fingerprint density at radius 2 is 1.93 bits per heavy atom. The molecular formula is C9H19F3N2O. The predicted molar refractivity (Wildman–Crippen MR) is 52.6 cm³/mol. The van der Waals surface area contributed by atoms with E-state index < -0.39 is 18.8 Å². The lowest BCUT2D eigenvalue weighted by Crippen LogP contribution is -2.54. The van der Waals surface area contributed by atoms with Crippen LogP contribution in [0.1, 0.15) is 13.8 Å². The molecule has 0 fully saturated rings. The summed E-state index contributed by atoms with van der Waals surface area (Å²) < 4.78 is 42.6. The van der Waals surface area contributed by atoms with E-state index in [0.717, 1.165) is 0 Å². The van der Waals surface area contributed by atoms with Gasteiger partial charge in [-0.05, 0) is 13.5 Å². The molecule has 0 aliphatic heterocycles. The molecule has 2 atom stereocenters. The molecule has 0 rings (SSSR count). The van der Waals surface area contributed by atoms with Gasteiger partial charge in [-0.3, -0.25) is 4.90 Å². The standard InChI is InChI=1S/C9H19F3N2O/c1-4-14(7(2)6-15-3)8(5-13)9(10,11)12/h7-8H,4-6,13H2,1-3H3. The molecule has 0 aromatic rings. The normalized spacial score (nSPS) is 16.8. The molecule has 0 aliphatic carbocycles. The minimum Gasteiger partial charge on any atom is -0.383 e. The van der Waals surface area contributed by atoms with Crippen LogP contribution in [0.4, 0.5) is 13.2 Å². The monoisotopic (exact) mass is 228 g/mol. The van der Waals surface area contributed by atoms with Crippen LogP contribution in [0.3, 0.4) is 0 Å². The summed E-state index contributed by atoms with van der Waals surface area (Å²) in [4.78, 5) is 1.31. The van der Waals surface area contributed by atoms with E-state index >= 15 is 0 Å². The quantitative estimate of drug-likeness (QED) is 0.743. The second-order valence-electron chi connectivity index (χ2n) is 3.43. The molecule has 0 amide bonds. The van der Waals surface area contributed by atoms with Crippen molar-refractivity contribution in [2.24, 2.45) is 5.73 Å². The Hall–Kier alpha value is -0.330. The molecule has 92 valence electrons. The molecule has 0 bridgehead atoms. The topological polar surface area (TPSA) is 38.5 Å². The largest absolute Gasteiger partial charge is 0.405 e. The third-order valence-electron chi connectivity index (χ3n) is 2.34. The van der Waals surface area contributed by atoms with Crippen LogP contribution >= 0.6 is 0 Å². The first-order valence-corrected chi connectivity index (χ1v) is 4.89. The van der Waals surface area contributed by atoms with Gasteiger partial charge in [-0.15, -0.1) is 0 Å². The third kappa shape index (κ3) is 4.36. The van der Waals surface area contributed by atoms with Crippen molar-refractivity contribution >= 4 is 0 Å². The Morgan fingerprint density at radius 3 is 2.20 bits per heavy atom. The fraction of sp³-hybridized carbons (Fsp3) is 1.00. The Bertz CT molecular complexity index is 175. The molecule has 2 N–H and O–H groups in total. The van der Waals surface area contributed by atoms with Gasteiger partial charge >= 0.3 is 6.18 Å². The highest BCUT2D eigenvalue weighted by Gasteiger charge is 2.43. The van der Waals surface area contributed by atoms with Crippen LogP contribution in [0.2, 0.25) is 0 Å². The summed E-state index contributed by atoms with van der Waals surface area (Å²) >= 11 is 0. The lowest BCUT2D eigenvalue weighted by Gasteiger charge is -2.35. The van der Waals surface area contributed by atoms with Crippen LogP contribution in [-0.2, 0) is 4.74 Å². The highest BCUT2D eigenvalue weighted by molar-refractivity contribution is 4.82. The molecule has 6 heteroatoms. The Morgan fingerprint density at radius 1 is 1.40 bits per heavy atom. The van der Waals surface area contributed by atoms with Crippen LogP contribution in [-0.4, -0.2) is 50.0 Å². The van der Waals surface area contributed by atoms with Gasteiger partial charge in [-0.25, -0.2) is 0 Å². The molecular weight excluding hydrogens is 209 g/mol. The van der Waals surface area contributed by atoms with Gasteiger partial charge in [0.1, 0.15) is 6.04 Å². The summed E-state index contributed by atoms with van der Waals surface area (Å²) in [5.74, 6) is 0. The second kappa shape index (κ2) is 6.30. The Labute approximate surface area is 88.4 Å². The SMILES string of the molecule is CCN(C(C)COC)C(CN)C(F)(F)F. The van der Waals surface area contributed by atoms with Crippen molar-refractivity contribution in [2.45, 2.75) is 32.1 Å². The summed E-state index contributed by atoms with van der Waals surface area (Å²) in [6.07, 6.45) is -4.28. The van der Waals surface area contributed by atoms with E-state index in [-0.39, 0.29) is 12.6 Å². The van der Waals surface area contributed by atoms with Crippen molar-refractivity contribution in [3.05, 3.63) is 0 Å². The van der Waals surface area contributed by atoms with Crippen molar-refractivity contribution in [3.8, 4) is 0 Å². The third-order valence-corrected chi connectivity index (χ3v) is 2.34. The fourth-order valence-electron chi connectivity index (χ4n) is 1.63. The lowest BCUT2D eigenvalue weighted by atomic mass is 10.2. The maximum Gasteiger partial charge on any atom is 0.405 e. The Kier molecular flexibility index (Phi) is 6.16. The van der Waals surface area contributed by atoms with E-state index in [1.54, 1.807) is 13.8 Å². The fourth-order valence-corrected chi connectivity index (χ4v) is 1.63. The van der Waals surface area contributed by atoms with Crippen molar-refractivity contribution in [3.63, 3.8) is 0 Å². The van der Waals surface area contributed by atoms with Gasteiger partial charge in [-0.2, -0.15) is 13.2 Å². The predicted octanol–water partition coefficient (Wildman–Crippen LogP) is 1.23. The molecule has 3 nitrogen and oxygen atoms in total. The first-order chi connectivity index (χ1) is 6.88. The number of ether oxygens (including phenoxy) is 1. The van der Waals surface area contributed by atoms with E-state index in [2.05, 4.69) is 0 Å². The smallest absolute Gasteiger partial charge is 0.383 e. The summed E-state index contributed by atoms with van der Waals surface area (Å²) in [5, 5.41) is 0. The molecule has 0 spiro atoms. The first-order valence-electron chi connectivity index (χ1n) is 4.89. The zero-order chi connectivity index (χ0) is 12.1. The van der Waals surface area contributed by atoms with Crippen molar-refractivity contribution < 1.29 is 17.9 Å². The van der Waals surface area contributed by atoms with Crippen LogP contribution in [0, 0.1) is 0 Å². The van der Waals surface area contributed by atoms with Gasteiger partial charge in [0.05, 0.1) is 6.61 Å². The maximum absolute atomic E-state index is 12.6. The average molecular weight is 228 g/mol. The molecule has 0 aromatic heterocycles. The van der Waals surface area contributed by atoms with Crippen molar-refractivity contribution in [2.75, 3.05) is 26.8 Å². The maximum atomic E-state index is 12.6. The molecule has 0 saturated heterocycles. The average Bonchev–Trinajstić information content (AvgIpc) is 2.11. The molecule has 0 heterocycles. The van der Waals surface area contributed by atoms with Gasteiger partial charge in [0, 0.05) is 19.7 Å². The lowest BCUT2D eigenvalue weighted by molar-refractivity contribution is -0.187. The molecule has 2 unspecified atom stereocenters. The number of alkyl halides is 3. The van der Waals surface area contributed by atoms with E-state index in [4.69, 9.17) is 10.5 Å². The van der Waals surface area contributed by atoms with E-state index in [1.165, 1.54) is 12.0 Å². The summed E-state index contributed by atoms with van der Waals surface area (Å²) in [5.41, 5.74) is 5.17. The van der Waals surface area contributed by atoms with Crippen LogP contribution < -0.4 is 5.73 Å². The zero-order valence-corrected chi connectivity index (χ0v) is 9.34. The van der Waals surface area contributed by atoms with Gasteiger partial charge in [-0.1, -0.05) is 6.92 Å². The number of halogens is 3. The second-order valence-corrected chi connectivity index (χ2v) is 3.43. The number of methoxy groups -OCH3 is 1. The highest BCUT2D eigenvalue weighted by atomic mass is 19.4. The number of hydrogen-bond donors (Lipinski definition) is 1. The molecule has 0 saturated carbocycles. The Balaban J connectivity index is 4.60. The van der Waals surface area contributed by atoms with Crippen molar-refractivity contribution in [1.29, 1.82) is 0 Å². The molecule has 0 radical (unpaired) electrons. The summed E-state index contributed by atoms with van der Waals surface area (Å²) in [6.45, 7) is 3.51. The van der Waals surface area contributed by atoms with E-state index in [1.807, 2.05) is 0 Å². The van der Waals surface area contributed by atoms with Crippen LogP contribution in [0.15, 0.2) is 0 Å². The van der Waals surface area contributed by atoms with Gasteiger partial charge in [0.25, 0.3) is 0 Å². The number of rotatable bonds is 6. The highest BCUT2D eigenvalue weighted by Crippen LogP contribution is 2.25. The van der Waals surface area contributed by atoms with E-state index in [9.17, 15) is 13.2 Å².